The van der Waals surface area contributed by atoms with Gasteiger partial charge in [-0.1, -0.05) is 25.7 Å². The summed E-state index contributed by atoms with van der Waals surface area (Å²) < 4.78 is 0. The van der Waals surface area contributed by atoms with E-state index in [-0.39, 0.29) is 0 Å². The maximum atomic E-state index is 6.68. The maximum absolute atomic E-state index is 6.68. The van der Waals surface area contributed by atoms with Crippen molar-refractivity contribution in [2.45, 2.75) is 70.3 Å². The average Bonchev–Trinajstić information content (AvgIpc) is 2.80. The van der Waals surface area contributed by atoms with E-state index < -0.39 is 0 Å². The second kappa shape index (κ2) is 4.51. The fourth-order valence-corrected chi connectivity index (χ4v) is 6.45. The molecule has 0 amide bonds. The lowest BCUT2D eigenvalue weighted by atomic mass is 9.50. The molecule has 5 fully saturated rings. The van der Waals surface area contributed by atoms with Crippen molar-refractivity contribution in [1.29, 1.82) is 0 Å². The largest absolute Gasteiger partial charge is 0.327 e. The van der Waals surface area contributed by atoms with Crippen molar-refractivity contribution in [2.75, 3.05) is 0 Å². The van der Waals surface area contributed by atoms with E-state index in [4.69, 9.17) is 5.73 Å². The molecule has 1 nitrogen and oxygen atoms in total. The summed E-state index contributed by atoms with van der Waals surface area (Å²) in [6.07, 6.45) is 15.0. The van der Waals surface area contributed by atoms with Crippen LogP contribution in [0.4, 0.5) is 0 Å². The highest BCUT2D eigenvalue weighted by Crippen LogP contribution is 2.57. The van der Waals surface area contributed by atoms with Crippen molar-refractivity contribution in [3.05, 3.63) is 0 Å². The minimum absolute atomic E-state index is 0.545. The van der Waals surface area contributed by atoms with E-state index >= 15 is 0 Å². The van der Waals surface area contributed by atoms with E-state index in [9.17, 15) is 0 Å². The fourth-order valence-electron chi connectivity index (χ4n) is 6.45. The summed E-state index contributed by atoms with van der Waals surface area (Å²) in [7, 11) is 0. The molecule has 1 heteroatoms. The summed E-state index contributed by atoms with van der Waals surface area (Å²) in [6.45, 7) is 0. The molecule has 0 aliphatic heterocycles. The molecule has 2 N–H and O–H groups in total. The topological polar surface area (TPSA) is 26.0 Å². The molecular weight excluding hydrogens is 218 g/mol. The molecule has 18 heavy (non-hydrogen) atoms. The van der Waals surface area contributed by atoms with Gasteiger partial charge in [-0.3, -0.25) is 0 Å². The number of nitrogens with two attached hydrogens (primary N) is 1. The van der Waals surface area contributed by atoms with Crippen molar-refractivity contribution in [1.82, 2.24) is 0 Å². The molecule has 0 saturated heterocycles. The predicted molar refractivity (Wildman–Crippen MR) is 75.1 cm³/mol. The van der Waals surface area contributed by atoms with Crippen LogP contribution in [0.1, 0.15) is 64.2 Å². The van der Waals surface area contributed by atoms with Crippen LogP contribution in [-0.4, -0.2) is 6.04 Å². The minimum Gasteiger partial charge on any atom is -0.327 e. The van der Waals surface area contributed by atoms with Crippen molar-refractivity contribution >= 4 is 0 Å². The van der Waals surface area contributed by atoms with Gasteiger partial charge in [-0.15, -0.1) is 0 Å². The van der Waals surface area contributed by atoms with Crippen LogP contribution in [0.2, 0.25) is 0 Å². The highest BCUT2D eigenvalue weighted by Gasteiger charge is 2.49. The first-order valence-corrected chi connectivity index (χ1v) is 8.55. The summed E-state index contributed by atoms with van der Waals surface area (Å²) in [6, 6.07) is 0.545. The lowest BCUT2D eigenvalue weighted by molar-refractivity contribution is -0.0492. The smallest absolute Gasteiger partial charge is 0.00751 e. The Kier molecular flexibility index (Phi) is 2.94. The third kappa shape index (κ3) is 1.94. The van der Waals surface area contributed by atoms with Gasteiger partial charge < -0.3 is 5.73 Å². The van der Waals surface area contributed by atoms with Crippen molar-refractivity contribution in [2.24, 2.45) is 41.2 Å². The summed E-state index contributed by atoms with van der Waals surface area (Å²) in [5.74, 6) is 6.15. The van der Waals surface area contributed by atoms with Crippen LogP contribution in [0.25, 0.3) is 0 Å². The van der Waals surface area contributed by atoms with Crippen LogP contribution in [0, 0.1) is 35.5 Å². The highest BCUT2D eigenvalue weighted by molar-refractivity contribution is 5.01. The molecule has 1 unspecified atom stereocenters. The Balaban J connectivity index is 1.44. The van der Waals surface area contributed by atoms with Gasteiger partial charge in [0.25, 0.3) is 0 Å². The third-order valence-electron chi connectivity index (χ3n) is 6.87. The fraction of sp³-hybridized carbons (Fsp3) is 1.00. The van der Waals surface area contributed by atoms with E-state index in [1.165, 1.54) is 57.8 Å². The van der Waals surface area contributed by atoms with Crippen LogP contribution in [-0.2, 0) is 0 Å². The van der Waals surface area contributed by atoms with Gasteiger partial charge in [0.2, 0.25) is 0 Å². The maximum Gasteiger partial charge on any atom is 0.00751 e. The lowest BCUT2D eigenvalue weighted by Crippen LogP contribution is -2.52. The standard InChI is InChI=1S/C17H29N/c18-16(10-11-3-1-2-4-11)17-14-6-12-5-13(8-14)9-15(17)7-12/h11-17H,1-10,18H2. The van der Waals surface area contributed by atoms with Crippen molar-refractivity contribution in [3.63, 3.8) is 0 Å². The second-order valence-electron chi connectivity index (χ2n) is 8.06. The van der Waals surface area contributed by atoms with Crippen LogP contribution in [0.5, 0.6) is 0 Å². The Morgan fingerprint density at radius 2 is 1.39 bits per heavy atom. The Labute approximate surface area is 112 Å². The second-order valence-corrected chi connectivity index (χ2v) is 8.06. The zero-order valence-electron chi connectivity index (χ0n) is 11.7. The number of hydrogen-bond donors (Lipinski definition) is 1. The van der Waals surface area contributed by atoms with Crippen molar-refractivity contribution in [3.8, 4) is 0 Å². The Morgan fingerprint density at radius 1 is 0.833 bits per heavy atom. The Bertz CT molecular complexity index is 277. The van der Waals surface area contributed by atoms with Gasteiger partial charge >= 0.3 is 0 Å². The van der Waals surface area contributed by atoms with Gasteiger partial charge in [-0.2, -0.15) is 0 Å². The third-order valence-corrected chi connectivity index (χ3v) is 6.87. The molecule has 0 aromatic rings. The Hall–Kier alpha value is -0.0400. The molecular formula is C17H29N. The highest BCUT2D eigenvalue weighted by atomic mass is 14.7. The first kappa shape index (κ1) is 11.8. The normalized spacial score (nSPS) is 48.8. The van der Waals surface area contributed by atoms with Crippen LogP contribution < -0.4 is 5.73 Å². The lowest BCUT2D eigenvalue weighted by Gasteiger charge is -2.56. The van der Waals surface area contributed by atoms with Gasteiger partial charge in [-0.25, -0.2) is 0 Å². The SMILES string of the molecule is NC(CC1CCCC1)C1C2CC3CC(C2)CC1C3. The zero-order chi connectivity index (χ0) is 12.1. The van der Waals surface area contributed by atoms with E-state index in [0.717, 1.165) is 35.5 Å². The number of hydrogen-bond acceptors (Lipinski definition) is 1. The van der Waals surface area contributed by atoms with Crippen LogP contribution in [0.15, 0.2) is 0 Å². The van der Waals surface area contributed by atoms with E-state index in [1.807, 2.05) is 0 Å². The summed E-state index contributed by atoms with van der Waals surface area (Å²) in [5, 5.41) is 0. The van der Waals surface area contributed by atoms with Gasteiger partial charge in [0.05, 0.1) is 0 Å². The molecule has 5 saturated carbocycles. The number of rotatable bonds is 3. The van der Waals surface area contributed by atoms with Gasteiger partial charge in [0, 0.05) is 6.04 Å². The Morgan fingerprint density at radius 3 is 1.94 bits per heavy atom. The van der Waals surface area contributed by atoms with E-state index in [1.54, 1.807) is 6.42 Å². The van der Waals surface area contributed by atoms with Gasteiger partial charge in [-0.05, 0) is 74.0 Å². The van der Waals surface area contributed by atoms with E-state index in [0.29, 0.717) is 6.04 Å². The summed E-state index contributed by atoms with van der Waals surface area (Å²) in [5.41, 5.74) is 6.68. The molecule has 0 aromatic carbocycles. The predicted octanol–water partition coefficient (Wildman–Crippen LogP) is 3.97. The zero-order valence-corrected chi connectivity index (χ0v) is 11.7. The molecule has 0 spiro atoms. The van der Waals surface area contributed by atoms with Gasteiger partial charge in [0.1, 0.15) is 0 Å². The van der Waals surface area contributed by atoms with Crippen molar-refractivity contribution < 1.29 is 0 Å². The molecule has 0 heterocycles. The van der Waals surface area contributed by atoms with Gasteiger partial charge in [0.15, 0.2) is 0 Å². The molecule has 5 aliphatic carbocycles. The molecule has 4 bridgehead atoms. The summed E-state index contributed by atoms with van der Waals surface area (Å²) >= 11 is 0. The minimum atomic E-state index is 0.545. The molecule has 5 aliphatic rings. The molecule has 0 radical (unpaired) electrons. The monoisotopic (exact) mass is 247 g/mol. The molecule has 1 atom stereocenters. The molecule has 5 rings (SSSR count). The van der Waals surface area contributed by atoms with Crippen LogP contribution >= 0.6 is 0 Å². The molecule has 102 valence electrons. The quantitative estimate of drug-likeness (QED) is 0.802. The molecule has 0 aromatic heterocycles. The average molecular weight is 247 g/mol. The first-order valence-electron chi connectivity index (χ1n) is 8.55. The summed E-state index contributed by atoms with van der Waals surface area (Å²) in [4.78, 5) is 0. The first-order chi connectivity index (χ1) is 8.79. The van der Waals surface area contributed by atoms with Crippen LogP contribution in [0.3, 0.4) is 0 Å². The van der Waals surface area contributed by atoms with E-state index in [2.05, 4.69) is 0 Å².